The molecule has 4 N–H and O–H groups in total. The van der Waals surface area contributed by atoms with Crippen molar-refractivity contribution in [2.45, 2.75) is 32.6 Å². The van der Waals surface area contributed by atoms with Crippen molar-refractivity contribution in [3.8, 4) is 0 Å². The molecule has 0 heterocycles. The molecule has 16 heavy (non-hydrogen) atoms. The Morgan fingerprint density at radius 1 is 1.00 bits per heavy atom. The summed E-state index contributed by atoms with van der Waals surface area (Å²) in [6.45, 7) is 8.01. The van der Waals surface area contributed by atoms with Crippen molar-refractivity contribution in [1.29, 1.82) is 0 Å². The minimum absolute atomic E-state index is 0.222. The Morgan fingerprint density at radius 2 is 1.50 bits per heavy atom. The van der Waals surface area contributed by atoms with Crippen molar-refractivity contribution in [1.82, 2.24) is 0 Å². The predicted molar refractivity (Wildman–Crippen MR) is 70.4 cm³/mol. The van der Waals surface area contributed by atoms with Gasteiger partial charge in [0.25, 0.3) is 0 Å². The third kappa shape index (κ3) is 3.62. The highest BCUT2D eigenvalue weighted by atomic mass is 14.6. The Morgan fingerprint density at radius 3 is 1.88 bits per heavy atom. The van der Waals surface area contributed by atoms with Crippen molar-refractivity contribution in [2.75, 3.05) is 13.1 Å². The van der Waals surface area contributed by atoms with Crippen LogP contribution < -0.4 is 11.5 Å². The van der Waals surface area contributed by atoms with Crippen LogP contribution >= 0.6 is 0 Å². The summed E-state index contributed by atoms with van der Waals surface area (Å²) in [6.07, 6.45) is 0.984. The van der Waals surface area contributed by atoms with Crippen LogP contribution in [0.2, 0.25) is 0 Å². The molecule has 0 saturated carbocycles. The van der Waals surface area contributed by atoms with Crippen molar-refractivity contribution in [3.63, 3.8) is 0 Å². The molecule has 0 aromatic heterocycles. The SMILES string of the molecule is CC(C)(C)c1ccc(CC(CN)CN)cc1. The van der Waals surface area contributed by atoms with Crippen LogP contribution in [0.4, 0.5) is 0 Å². The topological polar surface area (TPSA) is 52.0 Å². The van der Waals surface area contributed by atoms with E-state index < -0.39 is 0 Å². The van der Waals surface area contributed by atoms with Gasteiger partial charge in [0, 0.05) is 0 Å². The summed E-state index contributed by atoms with van der Waals surface area (Å²) in [5, 5.41) is 0. The van der Waals surface area contributed by atoms with Gasteiger partial charge in [0.05, 0.1) is 0 Å². The standard InChI is InChI=1S/C14H24N2/c1-14(2,3)13-6-4-11(5-7-13)8-12(9-15)10-16/h4-7,12H,8-10,15-16H2,1-3H3. The van der Waals surface area contributed by atoms with Gasteiger partial charge in [-0.15, -0.1) is 0 Å². The lowest BCUT2D eigenvalue weighted by Gasteiger charge is -2.19. The van der Waals surface area contributed by atoms with Crippen molar-refractivity contribution in [2.24, 2.45) is 17.4 Å². The van der Waals surface area contributed by atoms with Crippen LogP contribution in [0.5, 0.6) is 0 Å². The number of hydrogen-bond acceptors (Lipinski definition) is 2. The highest BCUT2D eigenvalue weighted by molar-refractivity contribution is 5.27. The van der Waals surface area contributed by atoms with Crippen LogP contribution in [-0.4, -0.2) is 13.1 Å². The largest absolute Gasteiger partial charge is 0.330 e. The third-order valence-corrected chi connectivity index (χ3v) is 3.01. The summed E-state index contributed by atoms with van der Waals surface area (Å²) in [5.41, 5.74) is 14.2. The van der Waals surface area contributed by atoms with Gasteiger partial charge < -0.3 is 11.5 Å². The maximum atomic E-state index is 5.65. The van der Waals surface area contributed by atoms with E-state index in [0.29, 0.717) is 19.0 Å². The Balaban J connectivity index is 2.72. The second-order valence-corrected chi connectivity index (χ2v) is 5.49. The minimum atomic E-state index is 0.222. The number of hydrogen-bond donors (Lipinski definition) is 2. The molecule has 90 valence electrons. The van der Waals surface area contributed by atoms with E-state index in [2.05, 4.69) is 45.0 Å². The maximum absolute atomic E-state index is 5.65. The molecule has 0 radical (unpaired) electrons. The molecule has 1 rings (SSSR count). The highest BCUT2D eigenvalue weighted by Gasteiger charge is 2.13. The predicted octanol–water partition coefficient (Wildman–Crippen LogP) is 2.06. The Hall–Kier alpha value is -0.860. The summed E-state index contributed by atoms with van der Waals surface area (Å²) < 4.78 is 0. The maximum Gasteiger partial charge on any atom is -0.00336 e. The number of rotatable bonds is 4. The van der Waals surface area contributed by atoms with Gasteiger partial charge in [-0.05, 0) is 42.0 Å². The fourth-order valence-electron chi connectivity index (χ4n) is 1.74. The summed E-state index contributed by atoms with van der Waals surface area (Å²) in [7, 11) is 0. The summed E-state index contributed by atoms with van der Waals surface area (Å²) in [6, 6.07) is 8.80. The van der Waals surface area contributed by atoms with E-state index in [0.717, 1.165) is 6.42 Å². The van der Waals surface area contributed by atoms with Gasteiger partial charge in [-0.1, -0.05) is 45.0 Å². The molecule has 0 amide bonds. The van der Waals surface area contributed by atoms with Gasteiger partial charge in [0.2, 0.25) is 0 Å². The first-order valence-electron chi connectivity index (χ1n) is 5.97. The van der Waals surface area contributed by atoms with Gasteiger partial charge in [-0.3, -0.25) is 0 Å². The van der Waals surface area contributed by atoms with E-state index in [9.17, 15) is 0 Å². The quantitative estimate of drug-likeness (QED) is 0.816. The molecule has 0 aliphatic rings. The fourth-order valence-corrected chi connectivity index (χ4v) is 1.74. The van der Waals surface area contributed by atoms with Crippen molar-refractivity contribution in [3.05, 3.63) is 35.4 Å². The molecule has 0 unspecified atom stereocenters. The lowest BCUT2D eigenvalue weighted by atomic mass is 9.86. The zero-order chi connectivity index (χ0) is 12.2. The average Bonchev–Trinajstić information content (AvgIpc) is 2.25. The summed E-state index contributed by atoms with van der Waals surface area (Å²) in [5.74, 6) is 0.403. The zero-order valence-electron chi connectivity index (χ0n) is 10.7. The van der Waals surface area contributed by atoms with Crippen LogP contribution in [0.3, 0.4) is 0 Å². The van der Waals surface area contributed by atoms with Gasteiger partial charge in [0.1, 0.15) is 0 Å². The van der Waals surface area contributed by atoms with Gasteiger partial charge in [-0.2, -0.15) is 0 Å². The van der Waals surface area contributed by atoms with E-state index >= 15 is 0 Å². The van der Waals surface area contributed by atoms with Crippen LogP contribution in [-0.2, 0) is 11.8 Å². The van der Waals surface area contributed by atoms with Gasteiger partial charge in [0.15, 0.2) is 0 Å². The van der Waals surface area contributed by atoms with E-state index in [4.69, 9.17) is 11.5 Å². The van der Waals surface area contributed by atoms with Crippen molar-refractivity contribution < 1.29 is 0 Å². The minimum Gasteiger partial charge on any atom is -0.330 e. The first kappa shape index (κ1) is 13.2. The highest BCUT2D eigenvalue weighted by Crippen LogP contribution is 2.22. The second kappa shape index (κ2) is 5.46. The first-order chi connectivity index (χ1) is 7.47. The number of benzene rings is 1. The molecule has 0 fully saturated rings. The third-order valence-electron chi connectivity index (χ3n) is 3.01. The lowest BCUT2D eigenvalue weighted by molar-refractivity contribution is 0.547. The molecule has 0 saturated heterocycles. The van der Waals surface area contributed by atoms with Gasteiger partial charge >= 0.3 is 0 Å². The van der Waals surface area contributed by atoms with Crippen LogP contribution in [0.1, 0.15) is 31.9 Å². The van der Waals surface area contributed by atoms with Crippen LogP contribution in [0.25, 0.3) is 0 Å². The molecular formula is C14H24N2. The Kier molecular flexibility index (Phi) is 4.51. The Labute approximate surface area is 99.0 Å². The molecular weight excluding hydrogens is 196 g/mol. The monoisotopic (exact) mass is 220 g/mol. The molecule has 2 heteroatoms. The van der Waals surface area contributed by atoms with E-state index in [-0.39, 0.29) is 5.41 Å². The van der Waals surface area contributed by atoms with Crippen LogP contribution in [0, 0.1) is 5.92 Å². The lowest BCUT2D eigenvalue weighted by Crippen LogP contribution is -2.25. The molecule has 0 aliphatic heterocycles. The molecule has 0 spiro atoms. The zero-order valence-corrected chi connectivity index (χ0v) is 10.7. The molecule has 1 aromatic carbocycles. The molecule has 1 aromatic rings. The molecule has 0 aliphatic carbocycles. The number of nitrogens with two attached hydrogens (primary N) is 2. The molecule has 2 nitrogen and oxygen atoms in total. The molecule has 0 atom stereocenters. The average molecular weight is 220 g/mol. The molecule has 0 bridgehead atoms. The van der Waals surface area contributed by atoms with E-state index in [1.807, 2.05) is 0 Å². The summed E-state index contributed by atoms with van der Waals surface area (Å²) in [4.78, 5) is 0. The second-order valence-electron chi connectivity index (χ2n) is 5.49. The normalized spacial score (nSPS) is 12.1. The van der Waals surface area contributed by atoms with Crippen molar-refractivity contribution >= 4 is 0 Å². The van der Waals surface area contributed by atoms with Gasteiger partial charge in [-0.25, -0.2) is 0 Å². The first-order valence-corrected chi connectivity index (χ1v) is 5.97. The Bertz CT molecular complexity index is 305. The van der Waals surface area contributed by atoms with E-state index in [1.54, 1.807) is 0 Å². The summed E-state index contributed by atoms with van der Waals surface area (Å²) >= 11 is 0. The van der Waals surface area contributed by atoms with E-state index in [1.165, 1.54) is 11.1 Å². The fraction of sp³-hybridized carbons (Fsp3) is 0.571. The smallest absolute Gasteiger partial charge is 0.00336 e. The van der Waals surface area contributed by atoms with Crippen LogP contribution in [0.15, 0.2) is 24.3 Å².